The molecule has 1 atom stereocenters. The van der Waals surface area contributed by atoms with E-state index in [0.29, 0.717) is 23.9 Å². The molecular weight excluding hydrogens is 355 g/mol. The molecule has 0 aliphatic carbocycles. The van der Waals surface area contributed by atoms with Crippen LogP contribution in [-0.4, -0.2) is 29.9 Å². The van der Waals surface area contributed by atoms with E-state index in [1.54, 1.807) is 0 Å². The quantitative estimate of drug-likeness (QED) is 0.496. The lowest BCUT2D eigenvalue weighted by Crippen LogP contribution is -2.16. The first-order chi connectivity index (χ1) is 12.7. The van der Waals surface area contributed by atoms with Crippen LogP contribution in [0.1, 0.15) is 54.1 Å². The van der Waals surface area contributed by atoms with Gasteiger partial charge in [0.15, 0.2) is 11.0 Å². The van der Waals surface area contributed by atoms with E-state index in [1.165, 1.54) is 0 Å². The van der Waals surface area contributed by atoms with Gasteiger partial charge in [0, 0.05) is 25.2 Å². The minimum Gasteiger partial charge on any atom is -0.373 e. The second kappa shape index (κ2) is 7.66. The third-order valence-corrected chi connectivity index (χ3v) is 7.26. The molecule has 2 aromatic rings. The number of benzene rings is 2. The van der Waals surface area contributed by atoms with Crippen molar-refractivity contribution in [3.05, 3.63) is 68.8 Å². The molecule has 1 unspecified atom stereocenters. The summed E-state index contributed by atoms with van der Waals surface area (Å²) in [5, 5.41) is 0. The number of ether oxygens (including phenoxy) is 1. The van der Waals surface area contributed by atoms with Crippen LogP contribution in [0.15, 0.2) is 24.3 Å². The minimum atomic E-state index is -1.50. The van der Waals surface area contributed by atoms with Gasteiger partial charge in [-0.25, -0.2) is 0 Å². The lowest BCUT2D eigenvalue weighted by molar-refractivity contribution is 0.105. The Hall–Kier alpha value is -1.83. The summed E-state index contributed by atoms with van der Waals surface area (Å²) < 4.78 is 5.38. The largest absolute Gasteiger partial charge is 0.373 e. The van der Waals surface area contributed by atoms with Crippen LogP contribution >= 0.6 is 7.92 Å². The molecule has 0 bridgehead atoms. The van der Waals surface area contributed by atoms with Crippen molar-refractivity contribution >= 4 is 19.0 Å². The van der Waals surface area contributed by atoms with Crippen LogP contribution in [0.3, 0.4) is 0 Å². The maximum atomic E-state index is 13.5. The Morgan fingerprint density at radius 1 is 0.815 bits per heavy atom. The number of hydrogen-bond donors (Lipinski definition) is 0. The third-order valence-electron chi connectivity index (χ3n) is 5.06. The molecule has 1 aliphatic rings. The van der Waals surface area contributed by atoms with Crippen molar-refractivity contribution in [2.24, 2.45) is 0 Å². The summed E-state index contributed by atoms with van der Waals surface area (Å²) >= 11 is 0. The van der Waals surface area contributed by atoms with Crippen molar-refractivity contribution in [2.45, 2.75) is 47.6 Å². The highest BCUT2D eigenvalue weighted by Gasteiger charge is 2.37. The van der Waals surface area contributed by atoms with Crippen LogP contribution in [0.2, 0.25) is 0 Å². The van der Waals surface area contributed by atoms with Crippen LogP contribution in [0.5, 0.6) is 0 Å². The lowest BCUT2D eigenvalue weighted by atomic mass is 10.0. The summed E-state index contributed by atoms with van der Waals surface area (Å²) in [7, 11) is -1.50. The van der Waals surface area contributed by atoms with Gasteiger partial charge in [-0.05, 0) is 63.8 Å². The van der Waals surface area contributed by atoms with Crippen LogP contribution in [0.4, 0.5) is 0 Å². The highest BCUT2D eigenvalue weighted by atomic mass is 31.1. The SMILES string of the molecule is Cc1cc(C)c(C(=O)P(CC2CO2)C(=O)c2c(C)cc(C)cc2C)c(C)c1. The molecule has 0 N–H and O–H groups in total. The standard InChI is InChI=1S/C23H27O3P/c1-13-7-15(3)20(16(4)8-13)22(24)27(12-19-11-26-19)23(25)21-17(5)9-14(2)10-18(21)6/h7-10,19H,11-12H2,1-6H3. The van der Waals surface area contributed by atoms with Crippen molar-refractivity contribution in [1.82, 2.24) is 0 Å². The van der Waals surface area contributed by atoms with E-state index in [9.17, 15) is 9.59 Å². The maximum Gasteiger partial charge on any atom is 0.192 e. The lowest BCUT2D eigenvalue weighted by Gasteiger charge is -2.20. The zero-order chi connectivity index (χ0) is 19.9. The zero-order valence-electron chi connectivity index (χ0n) is 17.0. The second-order valence-corrected chi connectivity index (χ2v) is 9.76. The molecule has 142 valence electrons. The fraction of sp³-hybridized carbons (Fsp3) is 0.391. The van der Waals surface area contributed by atoms with Gasteiger partial charge in [0.2, 0.25) is 0 Å². The van der Waals surface area contributed by atoms with Gasteiger partial charge in [-0.1, -0.05) is 35.4 Å². The molecule has 0 amide bonds. The normalized spacial score (nSPS) is 15.9. The maximum absolute atomic E-state index is 13.5. The summed E-state index contributed by atoms with van der Waals surface area (Å²) in [6.07, 6.45) is 0.563. The van der Waals surface area contributed by atoms with Crippen molar-refractivity contribution in [3.8, 4) is 0 Å². The van der Waals surface area contributed by atoms with Crippen molar-refractivity contribution in [2.75, 3.05) is 12.8 Å². The smallest absolute Gasteiger partial charge is 0.192 e. The van der Waals surface area contributed by atoms with E-state index in [1.807, 2.05) is 65.8 Å². The fourth-order valence-corrected chi connectivity index (χ4v) is 6.32. The molecule has 4 heteroatoms. The van der Waals surface area contributed by atoms with Gasteiger partial charge in [-0.2, -0.15) is 0 Å². The number of rotatable bonds is 6. The Labute approximate surface area is 162 Å². The fourth-order valence-electron chi connectivity index (χ4n) is 3.94. The molecule has 27 heavy (non-hydrogen) atoms. The van der Waals surface area contributed by atoms with E-state index in [2.05, 4.69) is 0 Å². The van der Waals surface area contributed by atoms with Crippen molar-refractivity contribution < 1.29 is 14.3 Å². The van der Waals surface area contributed by atoms with Gasteiger partial charge < -0.3 is 4.74 Å². The van der Waals surface area contributed by atoms with E-state index in [4.69, 9.17) is 4.74 Å². The molecule has 1 fully saturated rings. The van der Waals surface area contributed by atoms with Gasteiger partial charge in [0.25, 0.3) is 0 Å². The summed E-state index contributed by atoms with van der Waals surface area (Å²) in [6.45, 7) is 12.5. The highest BCUT2D eigenvalue weighted by molar-refractivity contribution is 7.90. The summed E-state index contributed by atoms with van der Waals surface area (Å²) in [5.41, 5.74) is 7.46. The number of epoxide rings is 1. The molecule has 0 spiro atoms. The van der Waals surface area contributed by atoms with Crippen molar-refractivity contribution in [3.63, 3.8) is 0 Å². The van der Waals surface area contributed by atoms with Gasteiger partial charge in [-0.15, -0.1) is 0 Å². The topological polar surface area (TPSA) is 46.7 Å². The molecule has 1 aliphatic heterocycles. The zero-order valence-corrected chi connectivity index (χ0v) is 17.9. The van der Waals surface area contributed by atoms with E-state index >= 15 is 0 Å². The Morgan fingerprint density at radius 3 is 1.44 bits per heavy atom. The molecule has 2 aromatic carbocycles. The Bertz CT molecular complexity index is 810. The predicted octanol–water partition coefficient (Wildman–Crippen LogP) is 5.40. The molecule has 0 aromatic heterocycles. The number of hydrogen-bond acceptors (Lipinski definition) is 3. The Kier molecular flexibility index (Phi) is 5.65. The van der Waals surface area contributed by atoms with Gasteiger partial charge in [-0.3, -0.25) is 9.59 Å². The molecule has 3 rings (SSSR count). The average molecular weight is 382 g/mol. The van der Waals surface area contributed by atoms with Crippen LogP contribution in [0.25, 0.3) is 0 Å². The molecule has 0 saturated carbocycles. The third kappa shape index (κ3) is 4.20. The average Bonchev–Trinajstić information content (AvgIpc) is 3.34. The van der Waals surface area contributed by atoms with E-state index in [0.717, 1.165) is 33.4 Å². The molecule has 3 nitrogen and oxygen atoms in total. The summed E-state index contributed by atoms with van der Waals surface area (Å²) in [5.74, 6) is 0. The number of carbonyl (C=O) groups excluding carboxylic acids is 2. The summed E-state index contributed by atoms with van der Waals surface area (Å²) in [6, 6.07) is 8.09. The molecule has 0 radical (unpaired) electrons. The molecule has 1 saturated heterocycles. The summed E-state index contributed by atoms with van der Waals surface area (Å²) in [4.78, 5) is 27.0. The van der Waals surface area contributed by atoms with Crippen LogP contribution in [0, 0.1) is 41.5 Å². The van der Waals surface area contributed by atoms with Gasteiger partial charge in [0.1, 0.15) is 0 Å². The predicted molar refractivity (Wildman–Crippen MR) is 111 cm³/mol. The van der Waals surface area contributed by atoms with Gasteiger partial charge >= 0.3 is 0 Å². The van der Waals surface area contributed by atoms with Gasteiger partial charge in [0.05, 0.1) is 12.7 Å². The Balaban J connectivity index is 2.05. The van der Waals surface area contributed by atoms with E-state index < -0.39 is 7.92 Å². The number of carbonyl (C=O) groups is 2. The second-order valence-electron chi connectivity index (χ2n) is 7.72. The Morgan fingerprint density at radius 2 is 1.15 bits per heavy atom. The molecular formula is C23H27O3P. The minimum absolute atomic E-state index is 0.0140. The van der Waals surface area contributed by atoms with Crippen molar-refractivity contribution in [1.29, 1.82) is 0 Å². The monoisotopic (exact) mass is 382 g/mol. The van der Waals surface area contributed by atoms with Crippen LogP contribution in [-0.2, 0) is 4.74 Å². The van der Waals surface area contributed by atoms with Crippen LogP contribution < -0.4 is 0 Å². The highest BCUT2D eigenvalue weighted by Crippen LogP contribution is 2.48. The number of aryl methyl sites for hydroxylation is 6. The first kappa shape index (κ1) is 19.9. The van der Waals surface area contributed by atoms with E-state index in [-0.39, 0.29) is 17.2 Å². The molecule has 1 heterocycles. The first-order valence-electron chi connectivity index (χ1n) is 9.32. The first-order valence-corrected chi connectivity index (χ1v) is 10.8.